The van der Waals surface area contributed by atoms with Crippen LogP contribution < -0.4 is 9.64 Å². The smallest absolute Gasteiger partial charge is 0.260 e. The van der Waals surface area contributed by atoms with Crippen molar-refractivity contribution in [3.8, 4) is 5.75 Å². The van der Waals surface area contributed by atoms with Crippen LogP contribution in [0.4, 0.5) is 5.69 Å². The second kappa shape index (κ2) is 7.98. The molecule has 0 radical (unpaired) electrons. The molecule has 1 heterocycles. The Kier molecular flexibility index (Phi) is 5.71. The molecule has 0 spiro atoms. The number of hydrogen-bond acceptors (Lipinski definition) is 3. The Hall–Kier alpha value is -1.91. The van der Waals surface area contributed by atoms with Gasteiger partial charge in [0.2, 0.25) is 0 Å². The predicted octanol–water partition coefficient (Wildman–Crippen LogP) is 4.03. The van der Waals surface area contributed by atoms with E-state index >= 15 is 0 Å². The highest BCUT2D eigenvalue weighted by Crippen LogP contribution is 2.26. The first-order valence-electron chi connectivity index (χ1n) is 8.19. The maximum Gasteiger partial charge on any atom is 0.260 e. The number of hydrogen-bond donors (Lipinski definition) is 0. The first kappa shape index (κ1) is 17.9. The first-order chi connectivity index (χ1) is 12.0. The number of anilines is 1. The maximum atomic E-state index is 12.3. The molecule has 0 N–H and O–H groups in total. The van der Waals surface area contributed by atoms with Crippen LogP contribution in [0.1, 0.15) is 5.56 Å². The van der Waals surface area contributed by atoms with Crippen LogP contribution in [0.2, 0.25) is 10.0 Å². The zero-order chi connectivity index (χ0) is 17.8. The highest BCUT2D eigenvalue weighted by molar-refractivity contribution is 6.35. The van der Waals surface area contributed by atoms with Crippen LogP contribution in [0.25, 0.3) is 0 Å². The van der Waals surface area contributed by atoms with Crippen LogP contribution in [0.15, 0.2) is 42.5 Å². The van der Waals surface area contributed by atoms with Crippen molar-refractivity contribution in [2.75, 3.05) is 37.7 Å². The number of carbonyl (C=O) groups is 1. The van der Waals surface area contributed by atoms with E-state index in [0.29, 0.717) is 28.9 Å². The standard InChI is InChI=1S/C19H20Cl2N2O2/c1-14-2-4-18(5-3-14)25-13-19(24)23-8-6-22(7-9-23)17-11-15(20)10-16(21)12-17/h2-5,10-12H,6-9,13H2,1H3. The molecule has 2 aromatic carbocycles. The lowest BCUT2D eigenvalue weighted by atomic mass is 10.2. The van der Waals surface area contributed by atoms with Crippen molar-refractivity contribution in [2.45, 2.75) is 6.92 Å². The van der Waals surface area contributed by atoms with Gasteiger partial charge in [-0.1, -0.05) is 40.9 Å². The Labute approximate surface area is 157 Å². The van der Waals surface area contributed by atoms with Gasteiger partial charge in [-0.25, -0.2) is 0 Å². The molecule has 1 aliphatic rings. The molecule has 0 atom stereocenters. The summed E-state index contributed by atoms with van der Waals surface area (Å²) in [5.74, 6) is 0.718. The van der Waals surface area contributed by atoms with Gasteiger partial charge < -0.3 is 14.5 Å². The summed E-state index contributed by atoms with van der Waals surface area (Å²) in [5, 5.41) is 1.24. The van der Waals surface area contributed by atoms with Crippen LogP contribution in [0.5, 0.6) is 5.75 Å². The van der Waals surface area contributed by atoms with Crippen LogP contribution >= 0.6 is 23.2 Å². The zero-order valence-electron chi connectivity index (χ0n) is 14.0. The van der Waals surface area contributed by atoms with Crippen LogP contribution in [0.3, 0.4) is 0 Å². The number of benzene rings is 2. The minimum Gasteiger partial charge on any atom is -0.484 e. The third kappa shape index (κ3) is 4.80. The fraction of sp³-hybridized carbons (Fsp3) is 0.316. The Morgan fingerprint density at radius 1 is 1.00 bits per heavy atom. The van der Waals surface area contributed by atoms with E-state index in [-0.39, 0.29) is 12.5 Å². The molecule has 3 rings (SSSR count). The minimum absolute atomic E-state index is 0.00403. The Bertz CT molecular complexity index is 721. The van der Waals surface area contributed by atoms with Crippen LogP contribution in [-0.4, -0.2) is 43.6 Å². The summed E-state index contributed by atoms with van der Waals surface area (Å²) in [6.45, 7) is 4.87. The molecule has 6 heteroatoms. The third-order valence-electron chi connectivity index (χ3n) is 4.23. The molecule has 2 aromatic rings. The van der Waals surface area contributed by atoms with Gasteiger partial charge in [0.1, 0.15) is 5.75 Å². The summed E-state index contributed by atoms with van der Waals surface area (Å²) in [6, 6.07) is 13.2. The van der Waals surface area contributed by atoms with Crippen molar-refractivity contribution in [3.63, 3.8) is 0 Å². The predicted molar refractivity (Wildman–Crippen MR) is 102 cm³/mol. The fourth-order valence-corrected chi connectivity index (χ4v) is 3.32. The molecule has 4 nitrogen and oxygen atoms in total. The summed E-state index contributed by atoms with van der Waals surface area (Å²) in [6.07, 6.45) is 0. The molecular weight excluding hydrogens is 359 g/mol. The highest BCUT2D eigenvalue weighted by atomic mass is 35.5. The zero-order valence-corrected chi connectivity index (χ0v) is 15.6. The average Bonchev–Trinajstić information content (AvgIpc) is 2.60. The highest BCUT2D eigenvalue weighted by Gasteiger charge is 2.22. The molecule has 25 heavy (non-hydrogen) atoms. The summed E-state index contributed by atoms with van der Waals surface area (Å²) < 4.78 is 5.58. The third-order valence-corrected chi connectivity index (χ3v) is 4.66. The number of aryl methyl sites for hydroxylation is 1. The number of piperazine rings is 1. The van der Waals surface area contributed by atoms with Gasteiger partial charge in [0.05, 0.1) is 0 Å². The van der Waals surface area contributed by atoms with Gasteiger partial charge in [-0.05, 0) is 37.3 Å². The van der Waals surface area contributed by atoms with Gasteiger partial charge in [-0.3, -0.25) is 4.79 Å². The molecule has 0 bridgehead atoms. The topological polar surface area (TPSA) is 32.8 Å². The van der Waals surface area contributed by atoms with Crippen molar-refractivity contribution in [3.05, 3.63) is 58.1 Å². The van der Waals surface area contributed by atoms with Crippen molar-refractivity contribution >= 4 is 34.8 Å². The number of ether oxygens (including phenoxy) is 1. The van der Waals surface area contributed by atoms with E-state index in [4.69, 9.17) is 27.9 Å². The van der Waals surface area contributed by atoms with E-state index in [2.05, 4.69) is 4.90 Å². The molecule has 1 aliphatic heterocycles. The van der Waals surface area contributed by atoms with Gasteiger partial charge in [0.15, 0.2) is 6.61 Å². The lowest BCUT2D eigenvalue weighted by Crippen LogP contribution is -2.50. The number of carbonyl (C=O) groups excluding carboxylic acids is 1. The van der Waals surface area contributed by atoms with E-state index in [1.165, 1.54) is 0 Å². The number of rotatable bonds is 4. The minimum atomic E-state index is 0.00403. The molecular formula is C19H20Cl2N2O2. The van der Waals surface area contributed by atoms with E-state index in [9.17, 15) is 4.79 Å². The number of nitrogens with zero attached hydrogens (tertiary/aromatic N) is 2. The Balaban J connectivity index is 1.51. The first-order valence-corrected chi connectivity index (χ1v) is 8.95. The fourth-order valence-electron chi connectivity index (χ4n) is 2.81. The molecule has 0 unspecified atom stereocenters. The molecule has 1 saturated heterocycles. The van der Waals surface area contributed by atoms with Crippen molar-refractivity contribution in [1.29, 1.82) is 0 Å². The maximum absolute atomic E-state index is 12.3. The largest absolute Gasteiger partial charge is 0.484 e. The summed E-state index contributed by atoms with van der Waals surface area (Å²) >= 11 is 12.1. The molecule has 0 saturated carbocycles. The average molecular weight is 379 g/mol. The molecule has 1 fully saturated rings. The van der Waals surface area contributed by atoms with E-state index < -0.39 is 0 Å². The van der Waals surface area contributed by atoms with Crippen molar-refractivity contribution in [1.82, 2.24) is 4.90 Å². The number of halogens is 2. The summed E-state index contributed by atoms with van der Waals surface area (Å²) in [5.41, 5.74) is 2.15. The van der Waals surface area contributed by atoms with E-state index in [0.717, 1.165) is 24.3 Å². The van der Waals surface area contributed by atoms with Crippen LogP contribution in [0, 0.1) is 6.92 Å². The quantitative estimate of drug-likeness (QED) is 0.804. The molecule has 1 amide bonds. The lowest BCUT2D eigenvalue weighted by Gasteiger charge is -2.36. The van der Waals surface area contributed by atoms with Crippen LogP contribution in [-0.2, 0) is 4.79 Å². The Morgan fingerprint density at radius 3 is 2.20 bits per heavy atom. The second-order valence-corrected chi connectivity index (χ2v) is 6.97. The monoisotopic (exact) mass is 378 g/mol. The van der Waals surface area contributed by atoms with Gasteiger partial charge >= 0.3 is 0 Å². The van der Waals surface area contributed by atoms with Gasteiger partial charge in [0.25, 0.3) is 5.91 Å². The van der Waals surface area contributed by atoms with Gasteiger partial charge in [-0.15, -0.1) is 0 Å². The SMILES string of the molecule is Cc1ccc(OCC(=O)N2CCN(c3cc(Cl)cc(Cl)c3)CC2)cc1. The molecule has 132 valence electrons. The molecule has 0 aromatic heterocycles. The summed E-state index contributed by atoms with van der Waals surface area (Å²) in [4.78, 5) is 16.3. The lowest BCUT2D eigenvalue weighted by molar-refractivity contribution is -0.133. The Morgan fingerprint density at radius 2 is 1.60 bits per heavy atom. The van der Waals surface area contributed by atoms with Gasteiger partial charge in [0, 0.05) is 41.9 Å². The summed E-state index contributed by atoms with van der Waals surface area (Å²) in [7, 11) is 0. The van der Waals surface area contributed by atoms with E-state index in [1.807, 2.05) is 48.2 Å². The second-order valence-electron chi connectivity index (χ2n) is 6.10. The number of amides is 1. The van der Waals surface area contributed by atoms with Crippen molar-refractivity contribution < 1.29 is 9.53 Å². The normalized spacial score (nSPS) is 14.5. The molecule has 0 aliphatic carbocycles. The van der Waals surface area contributed by atoms with Crippen molar-refractivity contribution in [2.24, 2.45) is 0 Å². The van der Waals surface area contributed by atoms with E-state index in [1.54, 1.807) is 6.07 Å². The van der Waals surface area contributed by atoms with Gasteiger partial charge in [-0.2, -0.15) is 0 Å².